The average molecular weight is 279 g/mol. The molecule has 1 aromatic carbocycles. The summed E-state index contributed by atoms with van der Waals surface area (Å²) < 4.78 is 0. The van der Waals surface area contributed by atoms with E-state index in [1.807, 2.05) is 6.07 Å². The molecule has 0 aromatic heterocycles. The molecule has 0 spiro atoms. The molecule has 0 heterocycles. The fraction of sp³-hybridized carbons (Fsp3) is 0.429. The number of carbonyl (C=O) groups is 2. The topological polar surface area (TPSA) is 104 Å². The second kappa shape index (κ2) is 6.91. The Bertz CT molecular complexity index is 460. The molecule has 0 saturated heterocycles. The molecular weight excluding hydrogens is 258 g/mol. The molecule has 1 rings (SSSR count). The number of hydrogen-bond acceptors (Lipinski definition) is 3. The van der Waals surface area contributed by atoms with Crippen LogP contribution in [0.5, 0.6) is 0 Å². The first-order valence-corrected chi connectivity index (χ1v) is 6.39. The minimum absolute atomic E-state index is 0.0352. The highest BCUT2D eigenvalue weighted by molar-refractivity contribution is 5.88. The molecule has 110 valence electrons. The summed E-state index contributed by atoms with van der Waals surface area (Å²) in [5, 5.41) is 14.2. The molecule has 1 aromatic rings. The van der Waals surface area contributed by atoms with Crippen molar-refractivity contribution in [1.82, 2.24) is 10.6 Å². The van der Waals surface area contributed by atoms with Crippen LogP contribution in [0.2, 0.25) is 0 Å². The first-order chi connectivity index (χ1) is 9.35. The third-order valence-corrected chi connectivity index (χ3v) is 2.88. The molecular formula is C14H21N3O3. The number of nitrogens with two attached hydrogens (primary N) is 1. The Morgan fingerprint density at radius 2 is 1.90 bits per heavy atom. The second-order valence-electron chi connectivity index (χ2n) is 5.20. The molecule has 3 amide bonds. The van der Waals surface area contributed by atoms with Crippen LogP contribution in [0.15, 0.2) is 30.3 Å². The van der Waals surface area contributed by atoms with Crippen LogP contribution in [0.4, 0.5) is 4.79 Å². The highest BCUT2D eigenvalue weighted by Gasteiger charge is 2.27. The van der Waals surface area contributed by atoms with Gasteiger partial charge in [-0.1, -0.05) is 30.3 Å². The van der Waals surface area contributed by atoms with E-state index in [1.165, 1.54) is 0 Å². The fourth-order valence-corrected chi connectivity index (χ4v) is 1.84. The van der Waals surface area contributed by atoms with E-state index in [0.717, 1.165) is 0 Å². The molecule has 0 bridgehead atoms. The molecule has 0 aliphatic heterocycles. The van der Waals surface area contributed by atoms with Gasteiger partial charge in [-0.15, -0.1) is 0 Å². The van der Waals surface area contributed by atoms with Crippen molar-refractivity contribution in [2.24, 2.45) is 5.73 Å². The van der Waals surface area contributed by atoms with E-state index < -0.39 is 17.6 Å². The zero-order valence-electron chi connectivity index (χ0n) is 11.7. The number of aliphatic hydroxyl groups is 1. The maximum atomic E-state index is 12.3. The smallest absolute Gasteiger partial charge is 0.313 e. The summed E-state index contributed by atoms with van der Waals surface area (Å²) >= 11 is 0. The molecule has 6 heteroatoms. The highest BCUT2D eigenvalue weighted by Crippen LogP contribution is 2.15. The summed E-state index contributed by atoms with van der Waals surface area (Å²) in [4.78, 5) is 23.4. The van der Waals surface area contributed by atoms with E-state index in [-0.39, 0.29) is 12.5 Å². The van der Waals surface area contributed by atoms with Crippen molar-refractivity contribution in [3.8, 4) is 0 Å². The summed E-state index contributed by atoms with van der Waals surface area (Å²) in [6, 6.07) is 7.21. The predicted octanol–water partition coefficient (Wildman–Crippen LogP) is 0.673. The van der Waals surface area contributed by atoms with Crippen LogP contribution in [0.25, 0.3) is 0 Å². The number of carbonyl (C=O) groups excluding carboxylic acids is 2. The molecule has 0 saturated carbocycles. The zero-order valence-corrected chi connectivity index (χ0v) is 11.7. The number of benzene rings is 1. The van der Waals surface area contributed by atoms with Gasteiger partial charge in [0.1, 0.15) is 6.04 Å². The predicted molar refractivity (Wildman–Crippen MR) is 75.8 cm³/mol. The molecule has 1 atom stereocenters. The van der Waals surface area contributed by atoms with E-state index in [9.17, 15) is 9.59 Å². The zero-order chi connectivity index (χ0) is 15.2. The summed E-state index contributed by atoms with van der Waals surface area (Å²) in [6.45, 7) is 3.56. The first-order valence-electron chi connectivity index (χ1n) is 6.39. The fourth-order valence-electron chi connectivity index (χ4n) is 1.84. The Kier molecular flexibility index (Phi) is 5.52. The van der Waals surface area contributed by atoms with E-state index >= 15 is 0 Å². The van der Waals surface area contributed by atoms with E-state index in [1.54, 1.807) is 38.1 Å². The quantitative estimate of drug-likeness (QED) is 0.615. The van der Waals surface area contributed by atoms with Crippen molar-refractivity contribution in [2.45, 2.75) is 31.8 Å². The number of rotatable bonds is 6. The van der Waals surface area contributed by atoms with Gasteiger partial charge in [0.15, 0.2) is 0 Å². The Labute approximate surface area is 118 Å². The summed E-state index contributed by atoms with van der Waals surface area (Å²) in [6.07, 6.45) is 0.414. The van der Waals surface area contributed by atoms with Crippen molar-refractivity contribution in [3.63, 3.8) is 0 Å². The standard InChI is InChI=1S/C14H21N3O3/c1-14(2,8-9-18)17-12(19)11(16-13(15)20)10-6-4-3-5-7-10/h3-7,11,18H,8-9H2,1-2H3,(H,17,19)(H3,15,16,20). The Morgan fingerprint density at radius 3 is 2.40 bits per heavy atom. The Balaban J connectivity index is 2.89. The van der Waals surface area contributed by atoms with Gasteiger partial charge in [0, 0.05) is 12.1 Å². The number of aliphatic hydroxyl groups excluding tert-OH is 1. The number of primary amides is 1. The van der Waals surface area contributed by atoms with Crippen molar-refractivity contribution < 1.29 is 14.7 Å². The second-order valence-corrected chi connectivity index (χ2v) is 5.20. The number of hydrogen-bond donors (Lipinski definition) is 4. The summed E-state index contributed by atoms with van der Waals surface area (Å²) in [7, 11) is 0. The third-order valence-electron chi connectivity index (χ3n) is 2.88. The molecule has 1 unspecified atom stereocenters. The number of nitrogens with one attached hydrogen (secondary N) is 2. The Hall–Kier alpha value is -2.08. The molecule has 20 heavy (non-hydrogen) atoms. The monoisotopic (exact) mass is 279 g/mol. The van der Waals surface area contributed by atoms with Crippen LogP contribution in [-0.4, -0.2) is 29.2 Å². The molecule has 0 radical (unpaired) electrons. The minimum atomic E-state index is -0.855. The van der Waals surface area contributed by atoms with Crippen LogP contribution in [-0.2, 0) is 4.79 Å². The van der Waals surface area contributed by atoms with Gasteiger partial charge in [-0.05, 0) is 25.8 Å². The Morgan fingerprint density at radius 1 is 1.30 bits per heavy atom. The van der Waals surface area contributed by atoms with Gasteiger partial charge in [0.25, 0.3) is 0 Å². The normalized spacial score (nSPS) is 12.6. The van der Waals surface area contributed by atoms with E-state index in [4.69, 9.17) is 10.8 Å². The molecule has 0 fully saturated rings. The number of amides is 3. The van der Waals surface area contributed by atoms with Gasteiger partial charge >= 0.3 is 6.03 Å². The highest BCUT2D eigenvalue weighted by atomic mass is 16.3. The van der Waals surface area contributed by atoms with Crippen molar-refractivity contribution in [1.29, 1.82) is 0 Å². The van der Waals surface area contributed by atoms with Gasteiger partial charge in [0.2, 0.25) is 5.91 Å². The SMILES string of the molecule is CC(C)(CCO)NC(=O)C(NC(N)=O)c1ccccc1. The molecule has 6 nitrogen and oxygen atoms in total. The number of urea groups is 1. The van der Waals surface area contributed by atoms with Gasteiger partial charge in [-0.3, -0.25) is 4.79 Å². The van der Waals surface area contributed by atoms with Crippen molar-refractivity contribution in [2.75, 3.05) is 6.61 Å². The van der Waals surface area contributed by atoms with Crippen LogP contribution in [0.3, 0.4) is 0 Å². The van der Waals surface area contributed by atoms with Crippen LogP contribution in [0, 0.1) is 0 Å². The van der Waals surface area contributed by atoms with Crippen molar-refractivity contribution >= 4 is 11.9 Å². The lowest BCUT2D eigenvalue weighted by Gasteiger charge is -2.28. The van der Waals surface area contributed by atoms with Crippen LogP contribution < -0.4 is 16.4 Å². The van der Waals surface area contributed by atoms with Crippen LogP contribution in [0.1, 0.15) is 31.9 Å². The lowest BCUT2D eigenvalue weighted by Crippen LogP contribution is -2.50. The lowest BCUT2D eigenvalue weighted by molar-refractivity contribution is -0.124. The molecule has 0 aliphatic rings. The summed E-state index contributed by atoms with van der Waals surface area (Å²) in [5.41, 5.74) is 5.19. The first kappa shape index (κ1) is 16.0. The maximum Gasteiger partial charge on any atom is 0.313 e. The molecule has 5 N–H and O–H groups in total. The lowest BCUT2D eigenvalue weighted by atomic mass is 9.99. The van der Waals surface area contributed by atoms with Crippen LogP contribution >= 0.6 is 0 Å². The van der Waals surface area contributed by atoms with Gasteiger partial charge < -0.3 is 21.5 Å². The summed E-state index contributed by atoms with van der Waals surface area (Å²) in [5.74, 6) is -0.367. The van der Waals surface area contributed by atoms with Gasteiger partial charge in [0.05, 0.1) is 0 Å². The van der Waals surface area contributed by atoms with E-state index in [0.29, 0.717) is 12.0 Å². The third kappa shape index (κ3) is 4.89. The maximum absolute atomic E-state index is 12.3. The van der Waals surface area contributed by atoms with Gasteiger partial charge in [-0.25, -0.2) is 4.79 Å². The average Bonchev–Trinajstić information content (AvgIpc) is 2.36. The van der Waals surface area contributed by atoms with E-state index in [2.05, 4.69) is 10.6 Å². The largest absolute Gasteiger partial charge is 0.396 e. The van der Waals surface area contributed by atoms with Crippen molar-refractivity contribution in [3.05, 3.63) is 35.9 Å². The minimum Gasteiger partial charge on any atom is -0.396 e. The molecule has 0 aliphatic carbocycles. The van der Waals surface area contributed by atoms with Gasteiger partial charge in [-0.2, -0.15) is 0 Å².